The number of fused-ring (bicyclic) bond motifs is 1. The molecule has 0 bridgehead atoms. The van der Waals surface area contributed by atoms with Crippen LogP contribution in [0, 0.1) is 13.8 Å². The Morgan fingerprint density at radius 3 is 2.86 bits per heavy atom. The first-order valence-corrected chi connectivity index (χ1v) is 6.95. The Bertz CT molecular complexity index is 839. The van der Waals surface area contributed by atoms with Gasteiger partial charge in [-0.25, -0.2) is 4.98 Å². The van der Waals surface area contributed by atoms with Gasteiger partial charge in [-0.3, -0.25) is 4.79 Å². The Morgan fingerprint density at radius 1 is 1.24 bits per heavy atom. The maximum Gasteiger partial charge on any atom is 0.259 e. The van der Waals surface area contributed by atoms with Gasteiger partial charge >= 0.3 is 0 Å². The van der Waals surface area contributed by atoms with Crippen molar-refractivity contribution in [3.8, 4) is 0 Å². The van der Waals surface area contributed by atoms with Crippen molar-refractivity contribution in [2.75, 3.05) is 5.32 Å². The van der Waals surface area contributed by atoms with E-state index < -0.39 is 0 Å². The number of rotatable bonds is 2. The highest BCUT2D eigenvalue weighted by atomic mass is 35.5. The Kier molecular flexibility index (Phi) is 3.39. The number of carbonyl (C=O) groups excluding carboxylic acids is 1. The van der Waals surface area contributed by atoms with Crippen LogP contribution in [0.15, 0.2) is 42.7 Å². The summed E-state index contributed by atoms with van der Waals surface area (Å²) < 4.78 is 1.84. The predicted octanol–water partition coefficient (Wildman–Crippen LogP) is 3.86. The van der Waals surface area contributed by atoms with Crippen molar-refractivity contribution >= 4 is 28.8 Å². The van der Waals surface area contributed by atoms with E-state index in [0.29, 0.717) is 21.9 Å². The molecule has 3 aromatic rings. The maximum atomic E-state index is 12.5. The van der Waals surface area contributed by atoms with Gasteiger partial charge in [-0.05, 0) is 43.7 Å². The van der Waals surface area contributed by atoms with E-state index in [2.05, 4.69) is 10.3 Å². The minimum atomic E-state index is -0.198. The Balaban J connectivity index is 1.99. The predicted molar refractivity (Wildman–Crippen MR) is 84.1 cm³/mol. The molecule has 0 saturated heterocycles. The molecule has 0 unspecified atom stereocenters. The zero-order valence-electron chi connectivity index (χ0n) is 11.7. The van der Waals surface area contributed by atoms with E-state index >= 15 is 0 Å². The Morgan fingerprint density at radius 2 is 2.05 bits per heavy atom. The smallest absolute Gasteiger partial charge is 0.259 e. The highest BCUT2D eigenvalue weighted by Gasteiger charge is 2.14. The van der Waals surface area contributed by atoms with Gasteiger partial charge in [-0.2, -0.15) is 0 Å². The second-order valence-corrected chi connectivity index (χ2v) is 5.31. The average molecular weight is 300 g/mol. The Labute approximate surface area is 127 Å². The zero-order valence-corrected chi connectivity index (χ0v) is 12.5. The van der Waals surface area contributed by atoms with E-state index in [0.717, 1.165) is 11.3 Å². The van der Waals surface area contributed by atoms with Crippen molar-refractivity contribution in [3.63, 3.8) is 0 Å². The molecule has 1 N–H and O–H groups in total. The van der Waals surface area contributed by atoms with Gasteiger partial charge in [0.15, 0.2) is 0 Å². The summed E-state index contributed by atoms with van der Waals surface area (Å²) in [6.07, 6.45) is 3.76. The van der Waals surface area contributed by atoms with E-state index in [1.807, 2.05) is 48.8 Å². The molecule has 3 rings (SSSR count). The van der Waals surface area contributed by atoms with Crippen molar-refractivity contribution in [1.29, 1.82) is 0 Å². The lowest BCUT2D eigenvalue weighted by atomic mass is 10.2. The van der Waals surface area contributed by atoms with Crippen LogP contribution >= 0.6 is 11.6 Å². The zero-order chi connectivity index (χ0) is 15.0. The normalized spacial score (nSPS) is 10.8. The fourth-order valence-electron chi connectivity index (χ4n) is 2.25. The lowest BCUT2D eigenvalue weighted by molar-refractivity contribution is 0.102. The van der Waals surface area contributed by atoms with E-state index in [9.17, 15) is 4.79 Å². The van der Waals surface area contributed by atoms with E-state index in [1.165, 1.54) is 0 Å². The van der Waals surface area contributed by atoms with Crippen molar-refractivity contribution in [2.24, 2.45) is 0 Å². The first-order chi connectivity index (χ1) is 10.1. The molecule has 0 fully saturated rings. The van der Waals surface area contributed by atoms with Gasteiger partial charge in [0.1, 0.15) is 5.65 Å². The fourth-order valence-corrected chi connectivity index (χ4v) is 2.42. The molecule has 21 heavy (non-hydrogen) atoms. The molecule has 2 heterocycles. The van der Waals surface area contributed by atoms with Gasteiger partial charge in [-0.15, -0.1) is 0 Å². The van der Waals surface area contributed by atoms with Crippen LogP contribution in [0.3, 0.4) is 0 Å². The Hall–Kier alpha value is -2.33. The largest absolute Gasteiger partial charge is 0.322 e. The highest BCUT2D eigenvalue weighted by Crippen LogP contribution is 2.24. The number of pyridine rings is 1. The second-order valence-electron chi connectivity index (χ2n) is 4.90. The first-order valence-electron chi connectivity index (χ1n) is 6.57. The lowest BCUT2D eigenvalue weighted by Crippen LogP contribution is -2.14. The van der Waals surface area contributed by atoms with Crippen molar-refractivity contribution < 1.29 is 4.79 Å². The molecule has 4 nitrogen and oxygen atoms in total. The number of anilines is 1. The number of aryl methyl sites for hydroxylation is 1. The second kappa shape index (κ2) is 5.22. The van der Waals surface area contributed by atoms with Crippen LogP contribution in [0.4, 0.5) is 5.69 Å². The van der Waals surface area contributed by atoms with Gasteiger partial charge in [-0.1, -0.05) is 17.7 Å². The number of nitrogens with one attached hydrogen (secondary N) is 1. The monoisotopic (exact) mass is 299 g/mol. The summed E-state index contributed by atoms with van der Waals surface area (Å²) in [5, 5.41) is 3.52. The summed E-state index contributed by atoms with van der Waals surface area (Å²) >= 11 is 6.07. The van der Waals surface area contributed by atoms with Gasteiger partial charge in [0.25, 0.3) is 5.91 Å². The minimum absolute atomic E-state index is 0.198. The summed E-state index contributed by atoms with van der Waals surface area (Å²) in [5.41, 5.74) is 3.60. The number of amides is 1. The van der Waals surface area contributed by atoms with Crippen LogP contribution in [0.5, 0.6) is 0 Å². The van der Waals surface area contributed by atoms with E-state index in [1.54, 1.807) is 12.1 Å². The molecule has 0 radical (unpaired) electrons. The third kappa shape index (κ3) is 2.50. The lowest BCUT2D eigenvalue weighted by Gasteiger charge is -2.10. The van der Waals surface area contributed by atoms with Gasteiger partial charge in [0.05, 0.1) is 11.3 Å². The molecular formula is C16H14ClN3O. The van der Waals surface area contributed by atoms with Gasteiger partial charge in [0.2, 0.25) is 0 Å². The molecule has 0 aliphatic rings. The third-order valence-electron chi connectivity index (χ3n) is 3.36. The topological polar surface area (TPSA) is 46.4 Å². The number of halogens is 1. The number of carbonyl (C=O) groups is 1. The maximum absolute atomic E-state index is 12.5. The summed E-state index contributed by atoms with van der Waals surface area (Å²) in [5.74, 6) is -0.198. The molecule has 1 aromatic carbocycles. The van der Waals surface area contributed by atoms with Crippen molar-refractivity contribution in [1.82, 2.24) is 9.38 Å². The summed E-state index contributed by atoms with van der Waals surface area (Å²) in [6.45, 7) is 3.77. The average Bonchev–Trinajstić information content (AvgIpc) is 2.83. The molecule has 0 aliphatic carbocycles. The summed E-state index contributed by atoms with van der Waals surface area (Å²) in [6, 6.07) is 9.03. The van der Waals surface area contributed by atoms with Crippen molar-refractivity contribution in [2.45, 2.75) is 13.8 Å². The van der Waals surface area contributed by atoms with Gasteiger partial charge < -0.3 is 9.72 Å². The first kappa shape index (κ1) is 13.6. The highest BCUT2D eigenvalue weighted by molar-refractivity contribution is 6.31. The number of hydrogen-bond donors (Lipinski definition) is 1. The van der Waals surface area contributed by atoms with Gasteiger partial charge in [0, 0.05) is 23.1 Å². The van der Waals surface area contributed by atoms with E-state index in [-0.39, 0.29) is 5.91 Å². The molecule has 0 spiro atoms. The number of nitrogens with zero attached hydrogens (tertiary/aromatic N) is 2. The van der Waals surface area contributed by atoms with Crippen LogP contribution in [0.2, 0.25) is 5.02 Å². The molecule has 0 aliphatic heterocycles. The SMILES string of the molecule is Cc1cn2cccc(C(=O)Nc3cccc(Cl)c3C)c2n1. The third-order valence-corrected chi connectivity index (χ3v) is 3.77. The molecular weight excluding hydrogens is 286 g/mol. The molecule has 0 atom stereocenters. The number of hydrogen-bond acceptors (Lipinski definition) is 2. The molecule has 5 heteroatoms. The van der Waals surface area contributed by atoms with Crippen molar-refractivity contribution in [3.05, 3.63) is 64.6 Å². The van der Waals surface area contributed by atoms with Crippen LogP contribution < -0.4 is 5.32 Å². The minimum Gasteiger partial charge on any atom is -0.322 e. The van der Waals surface area contributed by atoms with E-state index in [4.69, 9.17) is 11.6 Å². The van der Waals surface area contributed by atoms with Crippen LogP contribution in [0.1, 0.15) is 21.6 Å². The molecule has 0 saturated carbocycles. The summed E-state index contributed by atoms with van der Waals surface area (Å²) in [7, 11) is 0. The number of aromatic nitrogens is 2. The van der Waals surface area contributed by atoms with Crippen LogP contribution in [-0.4, -0.2) is 15.3 Å². The van der Waals surface area contributed by atoms with Crippen LogP contribution in [-0.2, 0) is 0 Å². The molecule has 1 amide bonds. The van der Waals surface area contributed by atoms with Crippen LogP contribution in [0.25, 0.3) is 5.65 Å². The quantitative estimate of drug-likeness (QED) is 0.781. The molecule has 106 valence electrons. The molecule has 2 aromatic heterocycles. The number of benzene rings is 1. The fraction of sp³-hybridized carbons (Fsp3) is 0.125. The number of imidazole rings is 1. The standard InChI is InChI=1S/C16H14ClN3O/c1-10-9-20-8-4-5-12(15(20)18-10)16(21)19-14-7-3-6-13(17)11(14)2/h3-9H,1-2H3,(H,19,21). The summed E-state index contributed by atoms with van der Waals surface area (Å²) in [4.78, 5) is 16.9.